The topological polar surface area (TPSA) is 80.5 Å². The molecule has 0 bridgehead atoms. The highest BCUT2D eigenvalue weighted by Gasteiger charge is 2.28. The lowest BCUT2D eigenvalue weighted by Crippen LogP contribution is -2.43. The molecule has 1 atom stereocenters. The van der Waals surface area contributed by atoms with E-state index in [0.717, 1.165) is 36.3 Å². The van der Waals surface area contributed by atoms with Crippen LogP contribution in [0.4, 0.5) is 6.01 Å². The van der Waals surface area contributed by atoms with E-state index in [1.54, 1.807) is 7.11 Å². The molecule has 1 aromatic heterocycles. The van der Waals surface area contributed by atoms with Crippen LogP contribution >= 0.6 is 11.6 Å². The maximum atomic E-state index is 12.7. The molecule has 0 aliphatic carbocycles. The van der Waals surface area contributed by atoms with Gasteiger partial charge in [-0.2, -0.15) is 4.98 Å². The molecule has 4 rings (SSSR count). The minimum absolute atomic E-state index is 0.0320. The van der Waals surface area contributed by atoms with E-state index in [-0.39, 0.29) is 11.8 Å². The van der Waals surface area contributed by atoms with E-state index >= 15 is 0 Å². The maximum Gasteiger partial charge on any atom is 0.324 e. The highest BCUT2D eigenvalue weighted by atomic mass is 35.5. The molecule has 1 N–H and O–H groups in total. The Bertz CT molecular complexity index is 988. The molecule has 1 unspecified atom stereocenters. The summed E-state index contributed by atoms with van der Waals surface area (Å²) in [5.74, 6) is 1.19. The summed E-state index contributed by atoms with van der Waals surface area (Å²) >= 11 is 5.91. The van der Waals surface area contributed by atoms with Gasteiger partial charge in [0, 0.05) is 30.2 Å². The molecule has 0 radical (unpaired) electrons. The second-order valence-corrected chi connectivity index (χ2v) is 7.69. The minimum atomic E-state index is -0.123. The Morgan fingerprint density at radius 3 is 2.73 bits per heavy atom. The SMILES string of the molecule is COc1ccc(-c2noc(N3CCCC(C(=O)NCc4ccc(Cl)cc4)C3)n2)cc1. The summed E-state index contributed by atoms with van der Waals surface area (Å²) in [5.41, 5.74) is 1.86. The van der Waals surface area contributed by atoms with Crippen molar-refractivity contribution in [3.8, 4) is 17.1 Å². The van der Waals surface area contributed by atoms with E-state index in [2.05, 4.69) is 15.5 Å². The largest absolute Gasteiger partial charge is 0.497 e. The summed E-state index contributed by atoms with van der Waals surface area (Å²) in [4.78, 5) is 19.2. The summed E-state index contributed by atoms with van der Waals surface area (Å²) in [5, 5.41) is 7.79. The minimum Gasteiger partial charge on any atom is -0.497 e. The van der Waals surface area contributed by atoms with Crippen LogP contribution in [-0.2, 0) is 11.3 Å². The highest BCUT2D eigenvalue weighted by Crippen LogP contribution is 2.26. The van der Waals surface area contributed by atoms with Gasteiger partial charge < -0.3 is 19.5 Å². The van der Waals surface area contributed by atoms with Crippen LogP contribution in [0.1, 0.15) is 18.4 Å². The van der Waals surface area contributed by atoms with Gasteiger partial charge in [0.05, 0.1) is 13.0 Å². The number of anilines is 1. The molecule has 7 nitrogen and oxygen atoms in total. The Balaban J connectivity index is 1.37. The first-order chi connectivity index (χ1) is 14.6. The fraction of sp³-hybridized carbons (Fsp3) is 0.318. The van der Waals surface area contributed by atoms with Crippen molar-refractivity contribution in [2.24, 2.45) is 5.92 Å². The van der Waals surface area contributed by atoms with Crippen LogP contribution in [0.25, 0.3) is 11.4 Å². The third-order valence-corrected chi connectivity index (χ3v) is 5.46. The number of amides is 1. The number of methoxy groups -OCH3 is 1. The van der Waals surface area contributed by atoms with Gasteiger partial charge in [0.25, 0.3) is 0 Å². The average molecular weight is 427 g/mol. The number of hydrogen-bond donors (Lipinski definition) is 1. The Labute approximate surface area is 180 Å². The lowest BCUT2D eigenvalue weighted by molar-refractivity contribution is -0.125. The zero-order chi connectivity index (χ0) is 20.9. The van der Waals surface area contributed by atoms with Crippen LogP contribution in [0.2, 0.25) is 5.02 Å². The van der Waals surface area contributed by atoms with Crippen molar-refractivity contribution < 1.29 is 14.1 Å². The van der Waals surface area contributed by atoms with Gasteiger partial charge in [0.1, 0.15) is 5.75 Å². The number of benzene rings is 2. The van der Waals surface area contributed by atoms with Crippen LogP contribution in [-0.4, -0.2) is 36.2 Å². The summed E-state index contributed by atoms with van der Waals surface area (Å²) in [6, 6.07) is 15.4. The molecule has 0 spiro atoms. The zero-order valence-electron chi connectivity index (χ0n) is 16.7. The first-order valence-corrected chi connectivity index (χ1v) is 10.3. The third kappa shape index (κ3) is 4.74. The van der Waals surface area contributed by atoms with Crippen LogP contribution in [0.3, 0.4) is 0 Å². The summed E-state index contributed by atoms with van der Waals surface area (Å²) in [6.45, 7) is 1.82. The average Bonchev–Trinajstić information content (AvgIpc) is 3.29. The zero-order valence-corrected chi connectivity index (χ0v) is 17.4. The number of rotatable bonds is 6. The third-order valence-electron chi connectivity index (χ3n) is 5.21. The van der Waals surface area contributed by atoms with Crippen molar-refractivity contribution in [1.29, 1.82) is 0 Å². The van der Waals surface area contributed by atoms with Crippen LogP contribution in [0.5, 0.6) is 5.75 Å². The quantitative estimate of drug-likeness (QED) is 0.643. The molecule has 3 aromatic rings. The van der Waals surface area contributed by atoms with Gasteiger partial charge in [-0.1, -0.05) is 28.9 Å². The Morgan fingerprint density at radius 1 is 1.23 bits per heavy atom. The Kier molecular flexibility index (Phi) is 6.18. The van der Waals surface area contributed by atoms with E-state index in [1.807, 2.05) is 53.4 Å². The number of nitrogens with zero attached hydrogens (tertiary/aromatic N) is 3. The van der Waals surface area contributed by atoms with Crippen molar-refractivity contribution in [2.45, 2.75) is 19.4 Å². The van der Waals surface area contributed by atoms with Crippen LogP contribution in [0, 0.1) is 5.92 Å². The number of hydrogen-bond acceptors (Lipinski definition) is 6. The van der Waals surface area contributed by atoms with E-state index in [9.17, 15) is 4.79 Å². The Hall–Kier alpha value is -3.06. The predicted molar refractivity (Wildman–Crippen MR) is 115 cm³/mol. The van der Waals surface area contributed by atoms with E-state index < -0.39 is 0 Å². The second-order valence-electron chi connectivity index (χ2n) is 7.26. The number of carbonyl (C=O) groups is 1. The van der Waals surface area contributed by atoms with Gasteiger partial charge in [0.15, 0.2) is 0 Å². The number of piperidine rings is 1. The van der Waals surface area contributed by atoms with E-state index in [0.29, 0.717) is 30.0 Å². The van der Waals surface area contributed by atoms with Crippen molar-refractivity contribution in [3.05, 3.63) is 59.1 Å². The van der Waals surface area contributed by atoms with E-state index in [1.165, 1.54) is 0 Å². The first-order valence-electron chi connectivity index (χ1n) is 9.87. The molecule has 1 aliphatic rings. The van der Waals surface area contributed by atoms with Crippen molar-refractivity contribution >= 4 is 23.5 Å². The molecule has 1 fully saturated rings. The second kappa shape index (κ2) is 9.17. The molecular formula is C22H23ClN4O3. The number of halogens is 1. The molecule has 0 saturated carbocycles. The summed E-state index contributed by atoms with van der Waals surface area (Å²) in [7, 11) is 1.62. The molecule has 1 amide bonds. The van der Waals surface area contributed by atoms with E-state index in [4.69, 9.17) is 20.9 Å². The van der Waals surface area contributed by atoms with Gasteiger partial charge in [-0.25, -0.2) is 0 Å². The highest BCUT2D eigenvalue weighted by molar-refractivity contribution is 6.30. The van der Waals surface area contributed by atoms with Gasteiger partial charge in [0.2, 0.25) is 11.7 Å². The lowest BCUT2D eigenvalue weighted by Gasteiger charge is -2.30. The lowest BCUT2D eigenvalue weighted by atomic mass is 9.97. The fourth-order valence-corrected chi connectivity index (χ4v) is 3.63. The molecule has 156 valence electrons. The Morgan fingerprint density at radius 2 is 2.00 bits per heavy atom. The van der Waals surface area contributed by atoms with Crippen LogP contribution < -0.4 is 15.0 Å². The summed E-state index contributed by atoms with van der Waals surface area (Å²) in [6.07, 6.45) is 1.72. The van der Waals surface area contributed by atoms with Crippen LogP contribution in [0.15, 0.2) is 53.1 Å². The predicted octanol–water partition coefficient (Wildman–Crippen LogP) is 3.93. The molecule has 2 aromatic carbocycles. The standard InChI is InChI=1S/C22H23ClN4O3/c1-29-19-10-6-16(7-11-19)20-25-22(30-26-20)27-12-2-3-17(14-27)21(28)24-13-15-4-8-18(23)9-5-15/h4-11,17H,2-3,12-14H2,1H3,(H,24,28). The smallest absolute Gasteiger partial charge is 0.324 e. The fourth-order valence-electron chi connectivity index (χ4n) is 3.50. The monoisotopic (exact) mass is 426 g/mol. The number of aromatic nitrogens is 2. The number of ether oxygens (including phenoxy) is 1. The van der Waals surface area contributed by atoms with Crippen molar-refractivity contribution in [3.63, 3.8) is 0 Å². The van der Waals surface area contributed by atoms with Gasteiger partial charge in [-0.15, -0.1) is 0 Å². The molecule has 1 saturated heterocycles. The molecule has 8 heteroatoms. The van der Waals surface area contributed by atoms with Gasteiger partial charge >= 0.3 is 6.01 Å². The van der Waals surface area contributed by atoms with Gasteiger partial charge in [-0.3, -0.25) is 4.79 Å². The van der Waals surface area contributed by atoms with Crippen molar-refractivity contribution in [2.75, 3.05) is 25.1 Å². The van der Waals surface area contributed by atoms with Crippen molar-refractivity contribution in [1.82, 2.24) is 15.5 Å². The first kappa shape index (κ1) is 20.2. The van der Waals surface area contributed by atoms with Gasteiger partial charge in [-0.05, 0) is 54.8 Å². The number of nitrogens with one attached hydrogen (secondary N) is 1. The normalized spacial score (nSPS) is 16.3. The molecule has 1 aliphatic heterocycles. The maximum absolute atomic E-state index is 12.7. The number of carbonyl (C=O) groups excluding carboxylic acids is 1. The summed E-state index contributed by atoms with van der Waals surface area (Å²) < 4.78 is 10.6. The molecule has 30 heavy (non-hydrogen) atoms. The molecule has 2 heterocycles. The molecular weight excluding hydrogens is 404 g/mol.